The van der Waals surface area contributed by atoms with Crippen molar-refractivity contribution in [3.05, 3.63) is 94.5 Å². The van der Waals surface area contributed by atoms with Crippen molar-refractivity contribution < 1.29 is 9.72 Å². The second kappa shape index (κ2) is 8.30. The van der Waals surface area contributed by atoms with Gasteiger partial charge in [-0.25, -0.2) is 0 Å². The van der Waals surface area contributed by atoms with Gasteiger partial charge in [-0.1, -0.05) is 60.7 Å². The number of nitrogens with zero attached hydrogens (tertiary/aromatic N) is 3. The van der Waals surface area contributed by atoms with Crippen LogP contribution in [0.1, 0.15) is 18.4 Å². The minimum atomic E-state index is -0.356. The zero-order valence-electron chi connectivity index (χ0n) is 17.6. The Bertz CT molecular complexity index is 1330. The Kier molecular flexibility index (Phi) is 5.19. The molecule has 0 spiro atoms. The van der Waals surface area contributed by atoms with Gasteiger partial charge in [-0.2, -0.15) is 0 Å². The highest BCUT2D eigenvalue weighted by Gasteiger charge is 2.27. The first-order valence-electron chi connectivity index (χ1n) is 10.8. The van der Waals surface area contributed by atoms with Crippen molar-refractivity contribution in [3.63, 3.8) is 0 Å². The van der Waals surface area contributed by atoms with Crippen LogP contribution < -0.4 is 5.01 Å². The fourth-order valence-corrected chi connectivity index (χ4v) is 4.54. The molecule has 0 radical (unpaired) electrons. The van der Waals surface area contributed by atoms with E-state index in [-0.39, 0.29) is 16.5 Å². The van der Waals surface area contributed by atoms with Gasteiger partial charge in [-0.15, -0.1) is 0 Å². The fraction of sp³-hybridized carbons (Fsp3) is 0.192. The molecule has 1 heterocycles. The summed E-state index contributed by atoms with van der Waals surface area (Å²) in [6.07, 6.45) is 2.21. The lowest BCUT2D eigenvalue weighted by atomic mass is 10.0. The molecule has 32 heavy (non-hydrogen) atoms. The van der Waals surface area contributed by atoms with Crippen molar-refractivity contribution in [3.8, 4) is 0 Å². The van der Waals surface area contributed by atoms with E-state index < -0.39 is 0 Å². The van der Waals surface area contributed by atoms with E-state index in [9.17, 15) is 14.9 Å². The van der Waals surface area contributed by atoms with E-state index in [1.165, 1.54) is 6.07 Å². The van der Waals surface area contributed by atoms with Crippen LogP contribution in [0.3, 0.4) is 0 Å². The predicted molar refractivity (Wildman–Crippen MR) is 127 cm³/mol. The summed E-state index contributed by atoms with van der Waals surface area (Å²) >= 11 is 0. The molecule has 160 valence electrons. The van der Waals surface area contributed by atoms with Crippen LogP contribution in [0.2, 0.25) is 0 Å². The number of nitro benzene ring substituents is 1. The van der Waals surface area contributed by atoms with Crippen molar-refractivity contribution in [2.75, 3.05) is 18.1 Å². The van der Waals surface area contributed by atoms with E-state index >= 15 is 0 Å². The molecule has 1 saturated heterocycles. The van der Waals surface area contributed by atoms with Crippen molar-refractivity contribution in [1.82, 2.24) is 5.01 Å². The first-order chi connectivity index (χ1) is 15.6. The summed E-state index contributed by atoms with van der Waals surface area (Å²) in [6, 6.07) is 24.9. The highest BCUT2D eigenvalue weighted by Crippen LogP contribution is 2.35. The maximum atomic E-state index is 13.4. The Morgan fingerprint density at radius 2 is 1.56 bits per heavy atom. The van der Waals surface area contributed by atoms with Gasteiger partial charge in [0.05, 0.1) is 22.4 Å². The van der Waals surface area contributed by atoms with Crippen LogP contribution in [0.25, 0.3) is 21.5 Å². The number of hydrogen-bond donors (Lipinski definition) is 0. The molecule has 0 unspecified atom stereocenters. The number of carbonyl (C=O) groups excluding carboxylic acids is 1. The third-order valence-electron chi connectivity index (χ3n) is 6.09. The van der Waals surface area contributed by atoms with Crippen LogP contribution in [0.4, 0.5) is 11.4 Å². The van der Waals surface area contributed by atoms with E-state index in [1.807, 2.05) is 40.3 Å². The van der Waals surface area contributed by atoms with Crippen LogP contribution in [0.15, 0.2) is 78.9 Å². The fourth-order valence-electron chi connectivity index (χ4n) is 4.54. The number of carbonyl (C=O) groups is 1. The van der Waals surface area contributed by atoms with Crippen molar-refractivity contribution in [2.24, 2.45) is 0 Å². The Labute approximate surface area is 185 Å². The quantitative estimate of drug-likeness (QED) is 0.320. The first-order valence-corrected chi connectivity index (χ1v) is 10.8. The number of nitro groups is 1. The average Bonchev–Trinajstić information content (AvgIpc) is 2.83. The van der Waals surface area contributed by atoms with E-state index in [0.29, 0.717) is 24.9 Å². The van der Waals surface area contributed by atoms with Gasteiger partial charge in [-0.05, 0) is 41.3 Å². The van der Waals surface area contributed by atoms with E-state index in [0.717, 1.165) is 40.3 Å². The second-order valence-electron chi connectivity index (χ2n) is 8.11. The number of amides is 1. The number of hydrogen-bond acceptors (Lipinski definition) is 4. The number of non-ortho nitro benzene ring substituents is 1. The SMILES string of the molecule is O=C(Cc1ccc2ccccc2c1)N1CCCCN1c1ccc([N+](=O)[O-])c2ccccc12. The van der Waals surface area contributed by atoms with E-state index in [2.05, 4.69) is 24.3 Å². The minimum Gasteiger partial charge on any atom is -0.282 e. The molecular weight excluding hydrogens is 402 g/mol. The molecular formula is C26H23N3O3. The highest BCUT2D eigenvalue weighted by molar-refractivity contribution is 6.00. The molecule has 0 aliphatic carbocycles. The molecule has 1 aliphatic heterocycles. The van der Waals surface area contributed by atoms with Crippen molar-refractivity contribution in [1.29, 1.82) is 0 Å². The van der Waals surface area contributed by atoms with Gasteiger partial charge in [0.2, 0.25) is 5.91 Å². The molecule has 6 nitrogen and oxygen atoms in total. The summed E-state index contributed by atoms with van der Waals surface area (Å²) < 4.78 is 0. The lowest BCUT2D eigenvalue weighted by Crippen LogP contribution is -2.51. The van der Waals surface area contributed by atoms with E-state index in [1.54, 1.807) is 18.2 Å². The molecule has 0 aromatic heterocycles. The minimum absolute atomic E-state index is 0.0300. The Balaban J connectivity index is 1.48. The van der Waals surface area contributed by atoms with Crippen LogP contribution >= 0.6 is 0 Å². The van der Waals surface area contributed by atoms with Crippen LogP contribution in [-0.4, -0.2) is 28.9 Å². The molecule has 4 aromatic rings. The monoisotopic (exact) mass is 425 g/mol. The summed E-state index contributed by atoms with van der Waals surface area (Å²) in [5, 5.41) is 19.0. The average molecular weight is 425 g/mol. The molecule has 1 aliphatic rings. The maximum Gasteiger partial charge on any atom is 0.277 e. The van der Waals surface area contributed by atoms with Crippen LogP contribution in [0, 0.1) is 10.1 Å². The van der Waals surface area contributed by atoms with Crippen LogP contribution in [-0.2, 0) is 11.2 Å². The zero-order valence-corrected chi connectivity index (χ0v) is 17.6. The Morgan fingerprint density at radius 3 is 2.38 bits per heavy atom. The maximum absolute atomic E-state index is 13.4. The number of fused-ring (bicyclic) bond motifs is 2. The molecule has 1 fully saturated rings. The van der Waals surface area contributed by atoms with E-state index in [4.69, 9.17) is 0 Å². The topological polar surface area (TPSA) is 66.7 Å². The molecule has 0 bridgehead atoms. The number of hydrazine groups is 1. The molecule has 0 atom stereocenters. The Morgan fingerprint density at radius 1 is 0.844 bits per heavy atom. The predicted octanol–water partition coefficient (Wildman–Crippen LogP) is 5.49. The summed E-state index contributed by atoms with van der Waals surface area (Å²) in [5.41, 5.74) is 1.89. The normalized spacial score (nSPS) is 14.1. The third-order valence-corrected chi connectivity index (χ3v) is 6.09. The van der Waals surface area contributed by atoms with Gasteiger partial charge < -0.3 is 0 Å². The number of benzene rings is 4. The largest absolute Gasteiger partial charge is 0.282 e. The number of anilines is 1. The lowest BCUT2D eigenvalue weighted by Gasteiger charge is -2.40. The van der Waals surface area contributed by atoms with Crippen LogP contribution in [0.5, 0.6) is 0 Å². The van der Waals surface area contributed by atoms with Crippen molar-refractivity contribution in [2.45, 2.75) is 19.3 Å². The third kappa shape index (κ3) is 3.64. The molecule has 5 rings (SSSR count). The van der Waals surface area contributed by atoms with Gasteiger partial charge in [0.1, 0.15) is 0 Å². The highest BCUT2D eigenvalue weighted by atomic mass is 16.6. The molecule has 4 aromatic carbocycles. The lowest BCUT2D eigenvalue weighted by molar-refractivity contribution is -0.383. The van der Waals surface area contributed by atoms with Gasteiger partial charge in [0, 0.05) is 24.5 Å². The first kappa shape index (κ1) is 20.0. The van der Waals surface area contributed by atoms with Gasteiger partial charge in [0.15, 0.2) is 0 Å². The smallest absolute Gasteiger partial charge is 0.277 e. The molecule has 6 heteroatoms. The second-order valence-corrected chi connectivity index (χ2v) is 8.11. The van der Waals surface area contributed by atoms with Crippen molar-refractivity contribution >= 4 is 38.8 Å². The summed E-state index contributed by atoms with van der Waals surface area (Å²) in [7, 11) is 0. The summed E-state index contributed by atoms with van der Waals surface area (Å²) in [5.74, 6) is 0.0300. The zero-order chi connectivity index (χ0) is 22.1. The van der Waals surface area contributed by atoms with Gasteiger partial charge >= 0.3 is 0 Å². The van der Waals surface area contributed by atoms with Gasteiger partial charge in [0.25, 0.3) is 5.69 Å². The number of rotatable bonds is 4. The summed E-state index contributed by atoms with van der Waals surface area (Å²) in [4.78, 5) is 24.5. The molecule has 0 saturated carbocycles. The Hall–Kier alpha value is -3.93. The molecule has 1 amide bonds. The standard InChI is InChI=1S/C26H23N3O3/c30-26(18-19-11-12-20-7-1-2-8-21(20)17-19)28-16-6-5-15-27(28)24-13-14-25(29(31)32)23-10-4-3-9-22(23)24/h1-4,7-14,17H,5-6,15-16,18H2. The molecule has 0 N–H and O–H groups in total. The summed E-state index contributed by atoms with van der Waals surface area (Å²) in [6.45, 7) is 1.34. The van der Waals surface area contributed by atoms with Gasteiger partial charge in [-0.3, -0.25) is 24.9 Å².